The molecule has 0 aliphatic carbocycles. The summed E-state index contributed by atoms with van der Waals surface area (Å²) < 4.78 is 5.41. The van der Waals surface area contributed by atoms with Crippen LogP contribution in [0.5, 0.6) is 0 Å². The Labute approximate surface area is 109 Å². The number of benzene rings is 1. The normalized spacial score (nSPS) is 11.2. The van der Waals surface area contributed by atoms with Gasteiger partial charge in [0.1, 0.15) is 6.61 Å². The summed E-state index contributed by atoms with van der Waals surface area (Å²) in [5, 5.41) is 2.80. The highest BCUT2D eigenvalue weighted by molar-refractivity contribution is 5.91. The molecule has 1 aromatic rings. The molecule has 0 fully saturated rings. The van der Waals surface area contributed by atoms with Crippen LogP contribution in [0.3, 0.4) is 0 Å². The fourth-order valence-electron chi connectivity index (χ4n) is 1.32. The Morgan fingerprint density at radius 1 is 1.22 bits per heavy atom. The van der Waals surface area contributed by atoms with Crippen LogP contribution in [-0.2, 0) is 9.53 Å². The Bertz CT molecular complexity index is 391. The number of rotatable bonds is 4. The Morgan fingerprint density at radius 2 is 1.78 bits per heavy atom. The van der Waals surface area contributed by atoms with Crippen LogP contribution in [0.25, 0.3) is 0 Å². The van der Waals surface area contributed by atoms with E-state index >= 15 is 0 Å². The van der Waals surface area contributed by atoms with Crippen LogP contribution >= 0.6 is 0 Å². The zero-order valence-electron chi connectivity index (χ0n) is 11.8. The van der Waals surface area contributed by atoms with Crippen LogP contribution in [0.15, 0.2) is 24.3 Å². The summed E-state index contributed by atoms with van der Waals surface area (Å²) >= 11 is 0. The summed E-state index contributed by atoms with van der Waals surface area (Å²) in [6.45, 7) is 5.84. The van der Waals surface area contributed by atoms with Gasteiger partial charge in [0, 0.05) is 25.5 Å². The number of hydrogen-bond acceptors (Lipinski definition) is 3. The molecule has 4 heteroatoms. The lowest BCUT2D eigenvalue weighted by molar-refractivity contribution is -0.125. The predicted octanol–water partition coefficient (Wildman–Crippen LogP) is 2.51. The van der Waals surface area contributed by atoms with E-state index in [0.29, 0.717) is 0 Å². The van der Waals surface area contributed by atoms with Crippen molar-refractivity contribution in [2.75, 3.05) is 30.9 Å². The van der Waals surface area contributed by atoms with Gasteiger partial charge in [0.2, 0.25) is 5.91 Å². The van der Waals surface area contributed by atoms with Crippen molar-refractivity contribution in [2.45, 2.75) is 26.4 Å². The first-order chi connectivity index (χ1) is 8.28. The van der Waals surface area contributed by atoms with E-state index in [4.69, 9.17) is 4.74 Å². The van der Waals surface area contributed by atoms with Crippen molar-refractivity contribution in [2.24, 2.45) is 0 Å². The zero-order chi connectivity index (χ0) is 13.8. The fourth-order valence-corrected chi connectivity index (χ4v) is 1.32. The number of carbonyl (C=O) groups excluding carboxylic acids is 1. The molecule has 18 heavy (non-hydrogen) atoms. The van der Waals surface area contributed by atoms with Crippen molar-refractivity contribution in [1.82, 2.24) is 0 Å². The number of anilines is 2. The van der Waals surface area contributed by atoms with E-state index in [0.717, 1.165) is 11.4 Å². The summed E-state index contributed by atoms with van der Waals surface area (Å²) in [5.41, 5.74) is 1.58. The van der Waals surface area contributed by atoms with Gasteiger partial charge >= 0.3 is 0 Å². The molecule has 0 atom stereocenters. The molecular formula is C14H22N2O2. The summed E-state index contributed by atoms with van der Waals surface area (Å²) in [6.07, 6.45) is 0. The molecule has 1 amide bonds. The highest BCUT2D eigenvalue weighted by Crippen LogP contribution is 2.15. The van der Waals surface area contributed by atoms with Crippen LogP contribution in [0.1, 0.15) is 20.8 Å². The molecule has 1 aromatic carbocycles. The van der Waals surface area contributed by atoms with Crippen molar-refractivity contribution < 1.29 is 9.53 Å². The van der Waals surface area contributed by atoms with E-state index in [2.05, 4.69) is 5.32 Å². The molecule has 0 saturated carbocycles. The third kappa shape index (κ3) is 5.19. The van der Waals surface area contributed by atoms with Crippen molar-refractivity contribution >= 4 is 17.3 Å². The average Bonchev–Trinajstić information content (AvgIpc) is 2.26. The first-order valence-electron chi connectivity index (χ1n) is 5.99. The maximum absolute atomic E-state index is 11.6. The first-order valence-corrected chi connectivity index (χ1v) is 5.99. The standard InChI is InChI=1S/C14H22N2O2/c1-14(2,3)18-10-13(17)15-11-6-8-12(9-7-11)16(4)5/h6-9H,10H2,1-5H3,(H,15,17). The van der Waals surface area contributed by atoms with Gasteiger partial charge in [-0.15, -0.1) is 0 Å². The van der Waals surface area contributed by atoms with Gasteiger partial charge in [0.25, 0.3) is 0 Å². The summed E-state index contributed by atoms with van der Waals surface area (Å²) in [6, 6.07) is 7.68. The monoisotopic (exact) mass is 250 g/mol. The topological polar surface area (TPSA) is 41.6 Å². The number of ether oxygens (including phenoxy) is 1. The second-order valence-electron chi connectivity index (χ2n) is 5.39. The number of amides is 1. The summed E-state index contributed by atoms with van der Waals surface area (Å²) in [7, 11) is 3.95. The molecule has 1 N–H and O–H groups in total. The highest BCUT2D eigenvalue weighted by Gasteiger charge is 2.12. The van der Waals surface area contributed by atoms with E-state index in [-0.39, 0.29) is 18.1 Å². The SMILES string of the molecule is CN(C)c1ccc(NC(=O)COC(C)(C)C)cc1. The molecule has 0 aliphatic rings. The lowest BCUT2D eigenvalue weighted by Gasteiger charge is -2.19. The van der Waals surface area contributed by atoms with Gasteiger partial charge in [-0.3, -0.25) is 4.79 Å². The molecule has 0 saturated heterocycles. The van der Waals surface area contributed by atoms with Gasteiger partial charge in [-0.05, 0) is 45.0 Å². The zero-order valence-corrected chi connectivity index (χ0v) is 11.8. The van der Waals surface area contributed by atoms with Crippen molar-refractivity contribution in [1.29, 1.82) is 0 Å². The maximum Gasteiger partial charge on any atom is 0.250 e. The Hall–Kier alpha value is -1.55. The molecular weight excluding hydrogens is 228 g/mol. The van der Waals surface area contributed by atoms with Gasteiger partial charge in [0.15, 0.2) is 0 Å². The van der Waals surface area contributed by atoms with Gasteiger partial charge in [-0.2, -0.15) is 0 Å². The molecule has 0 bridgehead atoms. The highest BCUT2D eigenvalue weighted by atomic mass is 16.5. The van der Waals surface area contributed by atoms with Crippen LogP contribution in [0, 0.1) is 0 Å². The lowest BCUT2D eigenvalue weighted by atomic mass is 10.2. The molecule has 0 spiro atoms. The smallest absolute Gasteiger partial charge is 0.250 e. The van der Waals surface area contributed by atoms with Crippen LogP contribution < -0.4 is 10.2 Å². The quantitative estimate of drug-likeness (QED) is 0.892. The van der Waals surface area contributed by atoms with Gasteiger partial charge in [-0.1, -0.05) is 0 Å². The van der Waals surface area contributed by atoms with Gasteiger partial charge in [0.05, 0.1) is 5.60 Å². The van der Waals surface area contributed by atoms with Crippen molar-refractivity contribution in [3.8, 4) is 0 Å². The van der Waals surface area contributed by atoms with Crippen molar-refractivity contribution in [3.05, 3.63) is 24.3 Å². The molecule has 0 radical (unpaired) electrons. The summed E-state index contributed by atoms with van der Waals surface area (Å²) in [4.78, 5) is 13.6. The first kappa shape index (κ1) is 14.5. The fraction of sp³-hybridized carbons (Fsp3) is 0.500. The third-order valence-electron chi connectivity index (χ3n) is 2.30. The van der Waals surface area contributed by atoms with Crippen LogP contribution in [0.2, 0.25) is 0 Å². The molecule has 1 rings (SSSR count). The van der Waals surface area contributed by atoms with Crippen molar-refractivity contribution in [3.63, 3.8) is 0 Å². The van der Waals surface area contributed by atoms with Gasteiger partial charge < -0.3 is 15.0 Å². The third-order valence-corrected chi connectivity index (χ3v) is 2.30. The van der Waals surface area contributed by atoms with E-state index in [1.54, 1.807) is 0 Å². The second-order valence-corrected chi connectivity index (χ2v) is 5.39. The molecule has 0 unspecified atom stereocenters. The van der Waals surface area contributed by atoms with E-state index < -0.39 is 0 Å². The predicted molar refractivity (Wildman–Crippen MR) is 75.1 cm³/mol. The lowest BCUT2D eigenvalue weighted by Crippen LogP contribution is -2.27. The van der Waals surface area contributed by atoms with E-state index in [1.807, 2.05) is 64.0 Å². The number of nitrogens with zero attached hydrogens (tertiary/aromatic N) is 1. The Kier molecular flexibility index (Phi) is 4.73. The Balaban J connectivity index is 2.50. The minimum atomic E-state index is -0.299. The minimum Gasteiger partial charge on any atom is -0.378 e. The maximum atomic E-state index is 11.6. The molecule has 4 nitrogen and oxygen atoms in total. The van der Waals surface area contributed by atoms with Crippen LogP contribution in [0.4, 0.5) is 11.4 Å². The number of carbonyl (C=O) groups is 1. The molecule has 0 heterocycles. The largest absolute Gasteiger partial charge is 0.378 e. The van der Waals surface area contributed by atoms with E-state index in [1.165, 1.54) is 0 Å². The minimum absolute atomic E-state index is 0.0684. The second kappa shape index (κ2) is 5.87. The van der Waals surface area contributed by atoms with Gasteiger partial charge in [-0.25, -0.2) is 0 Å². The summed E-state index contributed by atoms with van der Waals surface area (Å²) in [5.74, 6) is -0.137. The number of nitrogens with one attached hydrogen (secondary N) is 1. The van der Waals surface area contributed by atoms with Crippen LogP contribution in [-0.4, -0.2) is 32.2 Å². The molecule has 0 aromatic heterocycles. The number of hydrogen-bond donors (Lipinski definition) is 1. The average molecular weight is 250 g/mol. The van der Waals surface area contributed by atoms with E-state index in [9.17, 15) is 4.79 Å². The molecule has 100 valence electrons. The Morgan fingerprint density at radius 3 is 2.22 bits per heavy atom. The molecule has 0 aliphatic heterocycles.